The molecule has 10 nitrogen and oxygen atoms in total. The van der Waals surface area contributed by atoms with E-state index in [2.05, 4.69) is 12.6 Å². The van der Waals surface area contributed by atoms with Gasteiger partial charge in [0.15, 0.2) is 22.7 Å². The summed E-state index contributed by atoms with van der Waals surface area (Å²) in [6.45, 7) is 0. The number of rotatable bonds is 4. The summed E-state index contributed by atoms with van der Waals surface area (Å²) in [5.41, 5.74) is 12.1. The maximum atomic E-state index is 12.2. The molecule has 1 aliphatic heterocycles. The predicted octanol–water partition coefficient (Wildman–Crippen LogP) is 1.81. The lowest BCUT2D eigenvalue weighted by molar-refractivity contribution is 0.112. The Balaban J connectivity index is 2.26. The molecule has 33 heavy (non-hydrogen) atoms. The summed E-state index contributed by atoms with van der Waals surface area (Å²) in [5.74, 6) is -0.955. The molecule has 0 amide bonds. The van der Waals surface area contributed by atoms with E-state index in [0.717, 1.165) is 0 Å². The monoisotopic (exact) mass is 508 g/mol. The van der Waals surface area contributed by atoms with Crippen molar-refractivity contribution in [3.63, 3.8) is 0 Å². The smallest absolute Gasteiger partial charge is 0.300 e. The van der Waals surface area contributed by atoms with Gasteiger partial charge in [-0.1, -0.05) is 12.2 Å². The van der Waals surface area contributed by atoms with Crippen LogP contribution in [0.25, 0.3) is 5.57 Å². The Morgan fingerprint density at radius 2 is 1.73 bits per heavy atom. The number of nitrogens with two attached hydrogens (primary N) is 2. The minimum Gasteiger partial charge on any atom is -0.453 e. The lowest BCUT2D eigenvalue weighted by Gasteiger charge is -2.31. The molecule has 6 N–H and O–H groups in total. The number of carbonyl (C=O) groups is 1. The fraction of sp³-hybridized carbons (Fsp3) is 0.0500. The molecule has 0 radical (unpaired) electrons. The average Bonchev–Trinajstić information content (AvgIpc) is 2.69. The quantitative estimate of drug-likeness (QED) is 0.176. The molecule has 2 aromatic rings. The lowest BCUT2D eigenvalue weighted by atomic mass is 9.85. The van der Waals surface area contributed by atoms with Gasteiger partial charge in [-0.15, -0.1) is 12.6 Å². The van der Waals surface area contributed by atoms with Crippen molar-refractivity contribution in [2.24, 2.45) is 5.73 Å². The number of carbonyl (C=O) groups excluding carboxylic acids is 1. The normalized spacial score (nSPS) is 18.0. The van der Waals surface area contributed by atoms with E-state index < -0.39 is 47.6 Å². The molecule has 0 saturated carbocycles. The van der Waals surface area contributed by atoms with E-state index in [-0.39, 0.29) is 33.5 Å². The van der Waals surface area contributed by atoms with Gasteiger partial charge >= 0.3 is 0 Å². The van der Waals surface area contributed by atoms with E-state index in [1.807, 2.05) is 0 Å². The van der Waals surface area contributed by atoms with Gasteiger partial charge in [0.05, 0.1) is 11.7 Å². The third-order valence-electron chi connectivity index (χ3n) is 5.10. The number of fused-ring (bicyclic) bond motifs is 2. The fourth-order valence-electron chi connectivity index (χ4n) is 3.78. The molecule has 0 saturated heterocycles. The van der Waals surface area contributed by atoms with Crippen LogP contribution in [0.15, 0.2) is 68.5 Å². The fourth-order valence-corrected chi connectivity index (χ4v) is 5.55. The van der Waals surface area contributed by atoms with Gasteiger partial charge < -0.3 is 16.2 Å². The Morgan fingerprint density at radius 1 is 1.03 bits per heavy atom. The van der Waals surface area contributed by atoms with E-state index in [4.69, 9.17) is 16.2 Å². The third kappa shape index (κ3) is 3.88. The average molecular weight is 509 g/mol. The van der Waals surface area contributed by atoms with Crippen LogP contribution in [0.3, 0.4) is 0 Å². The molecule has 2 aliphatic rings. The summed E-state index contributed by atoms with van der Waals surface area (Å²) in [5, 5.41) is 0. The maximum absolute atomic E-state index is 12.2. The zero-order valence-corrected chi connectivity index (χ0v) is 19.0. The number of hydrogen-bond acceptors (Lipinski definition) is 9. The molecule has 1 aliphatic carbocycles. The zero-order chi connectivity index (χ0) is 24.3. The van der Waals surface area contributed by atoms with Crippen LogP contribution in [-0.2, 0) is 20.2 Å². The van der Waals surface area contributed by atoms with E-state index in [1.165, 1.54) is 36.4 Å². The molecular formula is C20H16N2O8S3. The molecule has 0 aromatic heterocycles. The Kier molecular flexibility index (Phi) is 5.51. The van der Waals surface area contributed by atoms with Crippen LogP contribution in [0.1, 0.15) is 21.5 Å². The summed E-state index contributed by atoms with van der Waals surface area (Å²) in [4.78, 5) is 10.7. The van der Waals surface area contributed by atoms with Crippen LogP contribution >= 0.6 is 12.6 Å². The molecule has 1 atom stereocenters. The summed E-state index contributed by atoms with van der Waals surface area (Å²) in [7, 11) is -9.87. The van der Waals surface area contributed by atoms with Crippen molar-refractivity contribution in [1.29, 1.82) is 0 Å². The SMILES string of the molecule is Nc1ccc2c(c1S(=O)(=O)O)OC1=C(S(=O)(=O)O)C(N)C=CC1=C2c1cc(S)ccc1C=O. The van der Waals surface area contributed by atoms with Gasteiger partial charge in [0.1, 0.15) is 4.91 Å². The number of allylic oxidation sites excluding steroid dienone is 1. The highest BCUT2D eigenvalue weighted by Gasteiger charge is 2.39. The molecule has 2 aromatic carbocycles. The Labute approximate surface area is 194 Å². The molecule has 172 valence electrons. The Bertz CT molecular complexity index is 1540. The second-order valence-electron chi connectivity index (χ2n) is 7.17. The van der Waals surface area contributed by atoms with Gasteiger partial charge in [-0.05, 0) is 35.9 Å². The van der Waals surface area contributed by atoms with Crippen LogP contribution in [0.2, 0.25) is 0 Å². The first kappa shape index (κ1) is 23.2. The van der Waals surface area contributed by atoms with Gasteiger partial charge in [-0.3, -0.25) is 13.9 Å². The number of ether oxygens (including phenoxy) is 1. The summed E-state index contributed by atoms with van der Waals surface area (Å²) >= 11 is 4.30. The second kappa shape index (κ2) is 7.83. The number of aldehydes is 1. The van der Waals surface area contributed by atoms with Crippen molar-refractivity contribution in [3.8, 4) is 5.75 Å². The second-order valence-corrected chi connectivity index (χ2v) is 10.4. The van der Waals surface area contributed by atoms with Gasteiger partial charge in [-0.25, -0.2) is 0 Å². The van der Waals surface area contributed by atoms with Crippen LogP contribution in [0, 0.1) is 0 Å². The van der Waals surface area contributed by atoms with Gasteiger partial charge in [0.2, 0.25) is 0 Å². The highest BCUT2D eigenvalue weighted by atomic mass is 32.2. The lowest BCUT2D eigenvalue weighted by Crippen LogP contribution is -2.32. The van der Waals surface area contributed by atoms with Crippen molar-refractivity contribution >= 4 is 50.4 Å². The number of anilines is 1. The van der Waals surface area contributed by atoms with Crippen molar-refractivity contribution in [2.45, 2.75) is 15.8 Å². The molecular weight excluding hydrogens is 492 g/mol. The van der Waals surface area contributed by atoms with E-state index in [0.29, 0.717) is 11.2 Å². The standard InChI is InChI=1S/C20H16N2O8S3/c21-14-5-3-11-16(13-7-10(31)2-1-9(13)8-23)12-4-6-15(22)20(33(27,28)29)18(12)30-17(11)19(14)32(24,25)26/h1-8,14,31H,21-22H2,(H,24,25,26)(H,27,28,29). The molecule has 0 bridgehead atoms. The molecule has 1 heterocycles. The van der Waals surface area contributed by atoms with Crippen LogP contribution in [-0.4, -0.2) is 38.3 Å². The topological polar surface area (TPSA) is 187 Å². The number of hydrogen-bond donors (Lipinski definition) is 5. The molecule has 0 fully saturated rings. The zero-order valence-electron chi connectivity index (χ0n) is 16.5. The van der Waals surface area contributed by atoms with Crippen molar-refractivity contribution in [1.82, 2.24) is 0 Å². The molecule has 1 unspecified atom stereocenters. The van der Waals surface area contributed by atoms with E-state index >= 15 is 0 Å². The van der Waals surface area contributed by atoms with Gasteiger partial charge in [0, 0.05) is 27.2 Å². The molecule has 0 spiro atoms. The largest absolute Gasteiger partial charge is 0.453 e. The highest BCUT2D eigenvalue weighted by molar-refractivity contribution is 7.90. The van der Waals surface area contributed by atoms with E-state index in [9.17, 15) is 30.7 Å². The van der Waals surface area contributed by atoms with Crippen LogP contribution in [0.4, 0.5) is 5.69 Å². The first-order valence-corrected chi connectivity index (χ1v) is 12.4. The minimum absolute atomic E-state index is 0.0902. The highest BCUT2D eigenvalue weighted by Crippen LogP contribution is 2.49. The predicted molar refractivity (Wildman–Crippen MR) is 122 cm³/mol. The van der Waals surface area contributed by atoms with E-state index in [1.54, 1.807) is 6.07 Å². The summed E-state index contributed by atoms with van der Waals surface area (Å²) in [6, 6.07) is 5.84. The van der Waals surface area contributed by atoms with Crippen molar-refractivity contribution in [2.75, 3.05) is 5.73 Å². The first-order valence-electron chi connectivity index (χ1n) is 9.11. The van der Waals surface area contributed by atoms with Crippen molar-refractivity contribution < 1.29 is 35.5 Å². The van der Waals surface area contributed by atoms with Gasteiger partial charge in [-0.2, -0.15) is 16.8 Å². The summed E-state index contributed by atoms with van der Waals surface area (Å²) < 4.78 is 73.9. The van der Waals surface area contributed by atoms with Crippen molar-refractivity contribution in [3.05, 3.63) is 75.4 Å². The van der Waals surface area contributed by atoms with Crippen LogP contribution in [0.5, 0.6) is 5.75 Å². The number of benzene rings is 2. The van der Waals surface area contributed by atoms with Crippen LogP contribution < -0.4 is 16.2 Å². The number of thiol groups is 1. The minimum atomic E-state index is -4.95. The Morgan fingerprint density at radius 3 is 2.33 bits per heavy atom. The maximum Gasteiger partial charge on any atom is 0.300 e. The molecule has 13 heteroatoms. The number of nitrogen functional groups attached to an aromatic ring is 1. The third-order valence-corrected chi connectivity index (χ3v) is 7.32. The summed E-state index contributed by atoms with van der Waals surface area (Å²) in [6.07, 6.45) is 3.27. The van der Waals surface area contributed by atoms with Gasteiger partial charge in [0.25, 0.3) is 20.2 Å². The first-order chi connectivity index (χ1) is 15.3. The molecule has 4 rings (SSSR count). The Hall–Kier alpha value is -2.94.